The third-order valence-electron chi connectivity index (χ3n) is 1.74. The molecule has 0 aliphatic carbocycles. The van der Waals surface area contributed by atoms with Gasteiger partial charge >= 0.3 is 0 Å². The molecule has 0 saturated heterocycles. The molecule has 2 rings (SSSR count). The molecule has 0 bridgehead atoms. The van der Waals surface area contributed by atoms with Crippen molar-refractivity contribution in [3.8, 4) is 5.75 Å². The Kier molecular flexibility index (Phi) is 4.39. The lowest BCUT2D eigenvalue weighted by Gasteiger charge is -1.96. The minimum absolute atomic E-state index is 0. The van der Waals surface area contributed by atoms with Gasteiger partial charge in [-0.3, -0.25) is 0 Å². The number of hydrogen-bond donors (Lipinski definition) is 1. The predicted octanol–water partition coefficient (Wildman–Crippen LogP) is 1.92. The first-order chi connectivity index (χ1) is 4.88. The fourth-order valence-corrected chi connectivity index (χ4v) is 1.19. The third kappa shape index (κ3) is 1.83. The smallest absolute Gasteiger partial charge is 0.124 e. The van der Waals surface area contributed by atoms with Crippen molar-refractivity contribution in [2.75, 3.05) is 6.61 Å². The van der Waals surface area contributed by atoms with Crippen LogP contribution in [-0.2, 0) is 0 Å². The maximum atomic E-state index is 5.72. The van der Waals surface area contributed by atoms with E-state index in [0.29, 0.717) is 6.61 Å². The van der Waals surface area contributed by atoms with E-state index in [4.69, 9.17) is 10.5 Å². The third-order valence-corrected chi connectivity index (χ3v) is 1.74. The van der Waals surface area contributed by atoms with Crippen molar-refractivity contribution in [2.24, 2.45) is 5.73 Å². The molecule has 1 heterocycles. The van der Waals surface area contributed by atoms with Crippen LogP contribution in [0.25, 0.3) is 0 Å². The number of rotatable bonds is 0. The van der Waals surface area contributed by atoms with Crippen LogP contribution in [0.5, 0.6) is 5.75 Å². The van der Waals surface area contributed by atoms with E-state index in [1.165, 1.54) is 0 Å². The lowest BCUT2D eigenvalue weighted by atomic mass is 10.1. The summed E-state index contributed by atoms with van der Waals surface area (Å²) in [7, 11) is 0. The standard InChI is InChI=1S/C8H9NO.2ClH/c9-7-5-10-8-4-2-1-3-6(7)8;;/h1-4,7H,5,9H2;2*1H/t7-;;/m1../s1. The lowest BCUT2D eigenvalue weighted by Crippen LogP contribution is -2.10. The molecule has 12 heavy (non-hydrogen) atoms. The Balaban J connectivity index is 0.000000605. The number of fused-ring (bicyclic) bond motifs is 1. The Morgan fingerprint density at radius 2 is 1.92 bits per heavy atom. The topological polar surface area (TPSA) is 35.2 Å². The highest BCUT2D eigenvalue weighted by Crippen LogP contribution is 2.29. The van der Waals surface area contributed by atoms with E-state index in [1.54, 1.807) is 0 Å². The molecule has 2 N–H and O–H groups in total. The second-order valence-corrected chi connectivity index (χ2v) is 2.46. The van der Waals surface area contributed by atoms with Crippen molar-refractivity contribution in [3.63, 3.8) is 0 Å². The van der Waals surface area contributed by atoms with Crippen LogP contribution >= 0.6 is 24.8 Å². The van der Waals surface area contributed by atoms with Crippen molar-refractivity contribution in [1.82, 2.24) is 0 Å². The van der Waals surface area contributed by atoms with Gasteiger partial charge in [-0.15, -0.1) is 24.8 Å². The first-order valence-electron chi connectivity index (χ1n) is 3.35. The van der Waals surface area contributed by atoms with Gasteiger partial charge in [-0.25, -0.2) is 0 Å². The van der Waals surface area contributed by atoms with Gasteiger partial charge < -0.3 is 10.5 Å². The van der Waals surface area contributed by atoms with E-state index in [9.17, 15) is 0 Å². The second-order valence-electron chi connectivity index (χ2n) is 2.46. The maximum absolute atomic E-state index is 5.72. The minimum Gasteiger partial charge on any atom is -0.491 e. The first-order valence-corrected chi connectivity index (χ1v) is 3.35. The molecule has 4 heteroatoms. The molecule has 0 aromatic heterocycles. The van der Waals surface area contributed by atoms with Gasteiger partial charge in [-0.05, 0) is 6.07 Å². The molecular weight excluding hydrogens is 197 g/mol. The summed E-state index contributed by atoms with van der Waals surface area (Å²) < 4.78 is 5.29. The molecule has 68 valence electrons. The van der Waals surface area contributed by atoms with Crippen molar-refractivity contribution >= 4 is 24.8 Å². The van der Waals surface area contributed by atoms with Crippen LogP contribution in [0.3, 0.4) is 0 Å². The molecule has 1 aliphatic heterocycles. The Morgan fingerprint density at radius 1 is 1.25 bits per heavy atom. The summed E-state index contributed by atoms with van der Waals surface area (Å²) in [4.78, 5) is 0. The van der Waals surface area contributed by atoms with Gasteiger partial charge in [0.25, 0.3) is 0 Å². The number of nitrogens with two attached hydrogens (primary N) is 1. The van der Waals surface area contributed by atoms with E-state index >= 15 is 0 Å². The molecule has 0 spiro atoms. The van der Waals surface area contributed by atoms with E-state index in [2.05, 4.69) is 0 Å². The minimum atomic E-state index is 0. The summed E-state index contributed by atoms with van der Waals surface area (Å²) in [5.41, 5.74) is 6.85. The number of halogens is 2. The van der Waals surface area contributed by atoms with E-state index in [1.807, 2.05) is 24.3 Å². The zero-order chi connectivity index (χ0) is 6.97. The van der Waals surface area contributed by atoms with E-state index in [0.717, 1.165) is 11.3 Å². The highest BCUT2D eigenvalue weighted by Gasteiger charge is 2.18. The molecule has 0 unspecified atom stereocenters. The van der Waals surface area contributed by atoms with Crippen LogP contribution in [0.1, 0.15) is 11.6 Å². The average molecular weight is 208 g/mol. The first kappa shape index (κ1) is 11.6. The molecule has 1 aromatic carbocycles. The van der Waals surface area contributed by atoms with Gasteiger partial charge in [0.05, 0.1) is 6.04 Å². The largest absolute Gasteiger partial charge is 0.491 e. The van der Waals surface area contributed by atoms with Crippen LogP contribution in [0.4, 0.5) is 0 Å². The summed E-state index contributed by atoms with van der Waals surface area (Å²) in [5, 5.41) is 0. The van der Waals surface area contributed by atoms with E-state index < -0.39 is 0 Å². The van der Waals surface area contributed by atoms with Gasteiger partial charge in [0.15, 0.2) is 0 Å². The van der Waals surface area contributed by atoms with Crippen molar-refractivity contribution in [1.29, 1.82) is 0 Å². The summed E-state index contributed by atoms with van der Waals surface area (Å²) in [6.07, 6.45) is 0. The lowest BCUT2D eigenvalue weighted by molar-refractivity contribution is 0.333. The van der Waals surface area contributed by atoms with Crippen LogP contribution in [-0.4, -0.2) is 6.61 Å². The highest BCUT2D eigenvalue weighted by molar-refractivity contribution is 5.85. The van der Waals surface area contributed by atoms with Gasteiger partial charge in [0.2, 0.25) is 0 Å². The number of hydrogen-bond acceptors (Lipinski definition) is 2. The summed E-state index contributed by atoms with van der Waals surface area (Å²) >= 11 is 0. The molecular formula is C8H11Cl2NO. The fourth-order valence-electron chi connectivity index (χ4n) is 1.19. The van der Waals surface area contributed by atoms with Gasteiger partial charge in [-0.1, -0.05) is 18.2 Å². The summed E-state index contributed by atoms with van der Waals surface area (Å²) in [5.74, 6) is 0.940. The fraction of sp³-hybridized carbons (Fsp3) is 0.250. The SMILES string of the molecule is Cl.Cl.N[C@@H]1COc2ccccc21. The Labute approximate surface area is 83.9 Å². The zero-order valence-electron chi connectivity index (χ0n) is 6.40. The summed E-state index contributed by atoms with van der Waals surface area (Å²) in [6, 6.07) is 7.97. The molecule has 2 nitrogen and oxygen atoms in total. The molecule has 1 aliphatic rings. The van der Waals surface area contributed by atoms with E-state index in [-0.39, 0.29) is 30.9 Å². The molecule has 0 radical (unpaired) electrons. The van der Waals surface area contributed by atoms with Gasteiger partial charge in [0.1, 0.15) is 12.4 Å². The van der Waals surface area contributed by atoms with Crippen LogP contribution < -0.4 is 10.5 Å². The van der Waals surface area contributed by atoms with Gasteiger partial charge in [0, 0.05) is 5.56 Å². The maximum Gasteiger partial charge on any atom is 0.124 e. The van der Waals surface area contributed by atoms with Crippen molar-refractivity contribution in [2.45, 2.75) is 6.04 Å². The Hall–Kier alpha value is -0.440. The van der Waals surface area contributed by atoms with Crippen LogP contribution in [0, 0.1) is 0 Å². The van der Waals surface area contributed by atoms with Crippen molar-refractivity contribution < 1.29 is 4.74 Å². The summed E-state index contributed by atoms with van der Waals surface area (Å²) in [6.45, 7) is 0.624. The monoisotopic (exact) mass is 207 g/mol. The molecule has 0 saturated carbocycles. The van der Waals surface area contributed by atoms with Gasteiger partial charge in [-0.2, -0.15) is 0 Å². The van der Waals surface area contributed by atoms with Crippen LogP contribution in [0.2, 0.25) is 0 Å². The zero-order valence-corrected chi connectivity index (χ0v) is 8.03. The van der Waals surface area contributed by atoms with Crippen molar-refractivity contribution in [3.05, 3.63) is 29.8 Å². The normalized spacial score (nSPS) is 18.2. The molecule has 1 atom stereocenters. The Morgan fingerprint density at radius 3 is 2.58 bits per heavy atom. The number of ether oxygens (including phenoxy) is 1. The average Bonchev–Trinajstić information content (AvgIpc) is 2.34. The molecule has 0 fully saturated rings. The Bertz CT molecular complexity index is 255. The number of para-hydroxylation sites is 1. The quantitative estimate of drug-likeness (QED) is 0.706. The highest BCUT2D eigenvalue weighted by atomic mass is 35.5. The molecule has 1 aromatic rings. The number of benzene rings is 1. The predicted molar refractivity (Wildman–Crippen MR) is 53.4 cm³/mol. The second kappa shape index (κ2) is 4.55. The molecule has 0 amide bonds. The van der Waals surface area contributed by atoms with Crippen LogP contribution in [0.15, 0.2) is 24.3 Å².